The third kappa shape index (κ3) is 3.79. The minimum atomic E-state index is -5.06. The lowest BCUT2D eigenvalue weighted by Gasteiger charge is -2.20. The maximum Gasteiger partial charge on any atom is 0.513 e. The number of benzene rings is 2. The SMILES string of the molecule is Cc1ccc(OCCc2ccccc2)c([B-](F)(F)F)c1. The van der Waals surface area contributed by atoms with Crippen LogP contribution < -0.4 is 10.2 Å². The van der Waals surface area contributed by atoms with Gasteiger partial charge in [0.1, 0.15) is 0 Å². The minimum Gasteiger partial charge on any atom is -0.496 e. The number of hydrogen-bond donors (Lipinski definition) is 0. The highest BCUT2D eigenvalue weighted by Crippen LogP contribution is 2.19. The zero-order chi connectivity index (χ0) is 14.6. The van der Waals surface area contributed by atoms with Crippen LogP contribution in [-0.4, -0.2) is 13.6 Å². The average molecular weight is 279 g/mol. The van der Waals surface area contributed by atoms with E-state index in [1.807, 2.05) is 30.3 Å². The molecule has 0 atom stereocenters. The number of ether oxygens (including phenoxy) is 1. The van der Waals surface area contributed by atoms with Crippen LogP contribution in [-0.2, 0) is 6.42 Å². The molecule has 0 spiro atoms. The summed E-state index contributed by atoms with van der Waals surface area (Å²) >= 11 is 0. The molecule has 0 radical (unpaired) electrons. The first kappa shape index (κ1) is 14.5. The second kappa shape index (κ2) is 6.03. The van der Waals surface area contributed by atoms with Gasteiger partial charge in [0.05, 0.1) is 12.4 Å². The Kier molecular flexibility index (Phi) is 4.37. The normalized spacial score (nSPS) is 11.4. The van der Waals surface area contributed by atoms with Crippen molar-refractivity contribution in [3.05, 3.63) is 59.7 Å². The average Bonchev–Trinajstić information content (AvgIpc) is 2.40. The molecule has 0 aliphatic rings. The van der Waals surface area contributed by atoms with Gasteiger partial charge in [-0.25, -0.2) is 0 Å². The summed E-state index contributed by atoms with van der Waals surface area (Å²) in [5.74, 6) is -0.0842. The van der Waals surface area contributed by atoms with Crippen molar-refractivity contribution in [1.82, 2.24) is 0 Å². The van der Waals surface area contributed by atoms with E-state index in [9.17, 15) is 12.9 Å². The van der Waals surface area contributed by atoms with Crippen molar-refractivity contribution in [3.63, 3.8) is 0 Å². The standard InChI is InChI=1S/C15H15BF3O/c1-12-7-8-15(14(11-12)16(17,18)19)20-10-9-13-5-3-2-4-6-13/h2-8,11H,9-10H2,1H3/q-1. The van der Waals surface area contributed by atoms with Gasteiger partial charge in [-0.2, -0.15) is 0 Å². The summed E-state index contributed by atoms with van der Waals surface area (Å²) in [6.45, 7) is -3.19. The van der Waals surface area contributed by atoms with E-state index in [-0.39, 0.29) is 12.4 Å². The lowest BCUT2D eigenvalue weighted by molar-refractivity contribution is 0.322. The summed E-state index contributed by atoms with van der Waals surface area (Å²) in [6.07, 6.45) is 0.582. The van der Waals surface area contributed by atoms with Crippen molar-refractivity contribution >= 4 is 12.4 Å². The molecular formula is C15H15BF3O-. The lowest BCUT2D eigenvalue weighted by Crippen LogP contribution is -2.35. The molecule has 1 nitrogen and oxygen atoms in total. The summed E-state index contributed by atoms with van der Waals surface area (Å²) < 4.78 is 44.2. The second-order valence-corrected chi connectivity index (χ2v) is 4.70. The Morgan fingerprint density at radius 1 is 1.00 bits per heavy atom. The smallest absolute Gasteiger partial charge is 0.496 e. The van der Waals surface area contributed by atoms with E-state index in [0.29, 0.717) is 12.0 Å². The van der Waals surface area contributed by atoms with Crippen molar-refractivity contribution in [2.24, 2.45) is 0 Å². The van der Waals surface area contributed by atoms with Gasteiger partial charge in [0.15, 0.2) is 0 Å². The molecule has 0 aromatic heterocycles. The van der Waals surface area contributed by atoms with Crippen molar-refractivity contribution < 1.29 is 17.7 Å². The molecule has 0 bridgehead atoms. The van der Waals surface area contributed by atoms with Crippen LogP contribution in [0.15, 0.2) is 48.5 Å². The molecule has 0 fully saturated rings. The number of aryl methyl sites for hydroxylation is 1. The molecular weight excluding hydrogens is 264 g/mol. The van der Waals surface area contributed by atoms with Gasteiger partial charge in [0, 0.05) is 6.42 Å². The lowest BCUT2D eigenvalue weighted by atomic mass is 9.78. The van der Waals surface area contributed by atoms with Gasteiger partial charge in [-0.3, -0.25) is 0 Å². The van der Waals surface area contributed by atoms with E-state index >= 15 is 0 Å². The Labute approximate surface area is 116 Å². The van der Waals surface area contributed by atoms with Crippen molar-refractivity contribution in [3.8, 4) is 5.75 Å². The van der Waals surface area contributed by atoms with Gasteiger partial charge in [0.2, 0.25) is 0 Å². The molecule has 0 heterocycles. The third-order valence-electron chi connectivity index (χ3n) is 3.01. The van der Waals surface area contributed by atoms with E-state index in [0.717, 1.165) is 11.6 Å². The molecule has 0 aliphatic carbocycles. The third-order valence-corrected chi connectivity index (χ3v) is 3.01. The quantitative estimate of drug-likeness (QED) is 0.759. The molecule has 5 heteroatoms. The molecule has 2 aromatic rings. The van der Waals surface area contributed by atoms with E-state index < -0.39 is 12.4 Å². The zero-order valence-electron chi connectivity index (χ0n) is 11.2. The number of rotatable bonds is 5. The van der Waals surface area contributed by atoms with Gasteiger partial charge < -0.3 is 17.7 Å². The Bertz CT molecular complexity index is 567. The van der Waals surface area contributed by atoms with Gasteiger partial charge in [-0.15, -0.1) is 0 Å². The van der Waals surface area contributed by atoms with E-state index in [1.165, 1.54) is 6.07 Å². The maximum absolute atomic E-state index is 13.0. The van der Waals surface area contributed by atoms with Gasteiger partial charge >= 0.3 is 6.98 Å². The number of hydrogen-bond acceptors (Lipinski definition) is 1. The summed E-state index contributed by atoms with van der Waals surface area (Å²) in [5.41, 5.74) is 0.964. The van der Waals surface area contributed by atoms with E-state index in [2.05, 4.69) is 0 Å². The minimum absolute atomic E-state index is 0.0842. The van der Waals surface area contributed by atoms with Crippen LogP contribution in [0.4, 0.5) is 12.9 Å². The molecule has 106 valence electrons. The molecule has 0 unspecified atom stereocenters. The Morgan fingerprint density at radius 3 is 2.35 bits per heavy atom. The summed E-state index contributed by atoms with van der Waals surface area (Å²) in [6, 6.07) is 13.7. The van der Waals surface area contributed by atoms with E-state index in [4.69, 9.17) is 4.74 Å². The molecule has 0 aliphatic heterocycles. The van der Waals surface area contributed by atoms with Crippen molar-refractivity contribution in [1.29, 1.82) is 0 Å². The summed E-state index contributed by atoms with van der Waals surface area (Å²) in [5, 5.41) is 0. The first-order valence-electron chi connectivity index (χ1n) is 6.44. The maximum atomic E-state index is 13.0. The summed E-state index contributed by atoms with van der Waals surface area (Å²) in [4.78, 5) is 0. The number of halogens is 3. The fraction of sp³-hybridized carbons (Fsp3) is 0.200. The largest absolute Gasteiger partial charge is 0.513 e. The molecule has 0 N–H and O–H groups in total. The predicted octanol–water partition coefficient (Wildman–Crippen LogP) is 3.67. The fourth-order valence-corrected chi connectivity index (χ4v) is 1.98. The molecule has 0 amide bonds. The first-order chi connectivity index (χ1) is 9.47. The predicted molar refractivity (Wildman–Crippen MR) is 75.5 cm³/mol. The molecule has 20 heavy (non-hydrogen) atoms. The van der Waals surface area contributed by atoms with Crippen LogP contribution in [0.3, 0.4) is 0 Å². The van der Waals surface area contributed by atoms with Crippen LogP contribution in [0.2, 0.25) is 0 Å². The van der Waals surface area contributed by atoms with Gasteiger partial charge in [0.25, 0.3) is 0 Å². The monoisotopic (exact) mass is 279 g/mol. The van der Waals surface area contributed by atoms with Crippen LogP contribution in [0, 0.1) is 6.92 Å². The Balaban J connectivity index is 2.06. The van der Waals surface area contributed by atoms with E-state index in [1.54, 1.807) is 13.0 Å². The van der Waals surface area contributed by atoms with Crippen molar-refractivity contribution in [2.45, 2.75) is 13.3 Å². The summed E-state index contributed by atoms with van der Waals surface area (Å²) in [7, 11) is 0. The topological polar surface area (TPSA) is 9.23 Å². The van der Waals surface area contributed by atoms with Gasteiger partial charge in [-0.05, 0) is 18.6 Å². The Hall–Kier alpha value is -1.91. The van der Waals surface area contributed by atoms with Crippen molar-refractivity contribution in [2.75, 3.05) is 6.61 Å². The molecule has 2 rings (SSSR count). The van der Waals surface area contributed by atoms with Crippen LogP contribution in [0.25, 0.3) is 0 Å². The first-order valence-corrected chi connectivity index (χ1v) is 6.44. The molecule has 0 saturated carbocycles. The molecule has 2 aromatic carbocycles. The highest BCUT2D eigenvalue weighted by Gasteiger charge is 2.29. The fourth-order valence-electron chi connectivity index (χ4n) is 1.98. The van der Waals surface area contributed by atoms with Crippen LogP contribution in [0.5, 0.6) is 5.75 Å². The highest BCUT2D eigenvalue weighted by atomic mass is 19.4. The molecule has 0 saturated heterocycles. The van der Waals surface area contributed by atoms with Crippen LogP contribution >= 0.6 is 0 Å². The highest BCUT2D eigenvalue weighted by molar-refractivity contribution is 6.74. The van der Waals surface area contributed by atoms with Crippen LogP contribution in [0.1, 0.15) is 11.1 Å². The second-order valence-electron chi connectivity index (χ2n) is 4.70. The zero-order valence-corrected chi connectivity index (χ0v) is 11.2. The van der Waals surface area contributed by atoms with Gasteiger partial charge in [-0.1, -0.05) is 53.5 Å². The Morgan fingerprint density at radius 2 is 1.70 bits per heavy atom.